The lowest BCUT2D eigenvalue weighted by Crippen LogP contribution is -2.54. The fraction of sp³-hybridized carbons (Fsp3) is 0.680. The van der Waals surface area contributed by atoms with E-state index in [1.807, 2.05) is 60.5 Å². The van der Waals surface area contributed by atoms with Crippen LogP contribution in [-0.2, 0) is 85.3 Å². The van der Waals surface area contributed by atoms with Gasteiger partial charge in [-0.05, 0) is 137 Å². The lowest BCUT2D eigenvalue weighted by molar-refractivity contribution is -0.149. The number of hydroxylamine groups is 1. The lowest BCUT2D eigenvalue weighted by atomic mass is 9.83. The number of Topliss-reactive ketones (excluding diaryl/α,β-unsaturated/α-hetero) is 2. The van der Waals surface area contributed by atoms with E-state index in [1.165, 1.54) is 26.4 Å². The second kappa shape index (κ2) is 44.9. The van der Waals surface area contributed by atoms with Crippen molar-refractivity contribution < 1.29 is 90.1 Å². The monoisotopic (exact) mass is 1510 g/mol. The summed E-state index contributed by atoms with van der Waals surface area (Å²) in [6.07, 6.45) is 1.70. The highest BCUT2D eigenvalue weighted by atomic mass is 32.2. The Labute approximate surface area is 625 Å². The van der Waals surface area contributed by atoms with Crippen LogP contribution in [0.2, 0.25) is 0 Å². The van der Waals surface area contributed by atoms with Gasteiger partial charge in [0.25, 0.3) is 0 Å². The number of carboxylic acids is 1. The Hall–Kier alpha value is -8.13. The molecule has 11 atom stereocenters. The number of carboxylic acid groups (broad SMARTS) is 1. The predicted octanol–water partition coefficient (Wildman–Crippen LogP) is 6.32. The predicted molar refractivity (Wildman–Crippen MR) is 397 cm³/mol. The zero-order chi connectivity index (χ0) is 79.1. The number of methoxy groups -OCH3 is 2. The van der Waals surface area contributed by atoms with Crippen LogP contribution in [0.1, 0.15) is 183 Å². The van der Waals surface area contributed by atoms with Crippen LogP contribution in [0.15, 0.2) is 48.5 Å². The molecule has 30 nitrogen and oxygen atoms in total. The standard InChI is InChI=1S/C75H119N11O19S/c1-15-48(8)68(85(12)73(97)56(45(2)3)42-60(88)67(47(6)7)84(10)11)61(102-13)43-64(91)86-39-21-23-58(86)69(103-14)49(9)59(87)41-52(70(94)83-106(100,101)55-35-36-55)40-50-29-33-54(34-30-50)105-75(99)78-37-18-16-17-24-63(90)82-104-44-51-27-31-53(32-28-51)79-71(95)57(22-20-38-77-74(76)98)80-72(96)66(46(4)5)81-62(89)25-19-26-65(92)93/h27-34,45-49,52,55-58,61,66-69H,15-26,35-44H2,1-14H3,(H,78,99)(H,79,95)(H,80,96)(H,81,89)(H,82,90)(H,83,94)(H,92,93)(H3,76,77,98)/t48-,49-,52+,56-,57-,58-,61+,66-,67-,68-,69+/m0/s1. The van der Waals surface area contributed by atoms with Crippen LogP contribution in [-0.4, -0.2) is 202 Å². The minimum atomic E-state index is -4.00. The molecular formula is C75H119N11O19S. The Bertz CT molecular complexity index is 3340. The normalized spacial score (nSPS) is 16.6. The molecule has 10 N–H and O–H groups in total. The smallest absolute Gasteiger partial charge is 0.412 e. The number of ether oxygens (including phenoxy) is 3. The van der Waals surface area contributed by atoms with Gasteiger partial charge in [-0.1, -0.05) is 99.4 Å². The number of primary amides is 1. The number of benzene rings is 2. The summed E-state index contributed by atoms with van der Waals surface area (Å²) in [6, 6.07) is 8.46. The number of amides is 10. The number of urea groups is 1. The Morgan fingerprint density at radius 3 is 1.90 bits per heavy atom. The highest BCUT2D eigenvalue weighted by molar-refractivity contribution is 7.90. The molecule has 2 aromatic carbocycles. The van der Waals surface area contributed by atoms with Crippen LogP contribution in [0.25, 0.3) is 0 Å². The van der Waals surface area contributed by atoms with Crippen molar-refractivity contribution in [2.24, 2.45) is 47.2 Å². The van der Waals surface area contributed by atoms with Crippen molar-refractivity contribution in [3.8, 4) is 5.75 Å². The van der Waals surface area contributed by atoms with Gasteiger partial charge in [-0.15, -0.1) is 0 Å². The molecule has 1 heterocycles. The average molecular weight is 1510 g/mol. The summed E-state index contributed by atoms with van der Waals surface area (Å²) in [5.74, 6) is -7.86. The first-order valence-electron chi connectivity index (χ1n) is 37.1. The molecule has 0 radical (unpaired) electrons. The SMILES string of the molecule is CC[C@H](C)[C@@H]([C@@H](CC(=O)N1CCC[C@H]1[C@H](OC)[C@@H](C)C(=O)C[C@@H](Cc1ccc(OC(=O)NCCCCCC(=O)NOCc2ccc(NC(=O)[C@H](CCCNC(N)=O)NC(=O)[C@@H](NC(=O)CCCC(=O)O)C(C)C)cc2)cc1)C(=O)NS(=O)(=O)C1CC1)OC)N(C)C(=O)[C@@H](CC(=O)[C@H](C(C)C)N(C)C)C(C)C. The van der Waals surface area contributed by atoms with Gasteiger partial charge in [0.2, 0.25) is 51.4 Å². The Morgan fingerprint density at radius 1 is 0.679 bits per heavy atom. The summed E-state index contributed by atoms with van der Waals surface area (Å²) >= 11 is 0. The molecule has 10 amide bonds. The van der Waals surface area contributed by atoms with Gasteiger partial charge >= 0.3 is 18.1 Å². The maximum atomic E-state index is 14.6. The largest absolute Gasteiger partial charge is 0.481 e. The minimum absolute atomic E-state index is 0.0104. The molecule has 4 rings (SSSR count). The van der Waals surface area contributed by atoms with Gasteiger partial charge in [-0.2, -0.15) is 0 Å². The molecule has 1 saturated carbocycles. The summed E-state index contributed by atoms with van der Waals surface area (Å²) in [4.78, 5) is 169. The van der Waals surface area contributed by atoms with Gasteiger partial charge < -0.3 is 61.4 Å². The van der Waals surface area contributed by atoms with Crippen molar-refractivity contribution in [3.63, 3.8) is 0 Å². The minimum Gasteiger partial charge on any atom is -0.481 e. The van der Waals surface area contributed by atoms with Crippen LogP contribution < -0.4 is 47.3 Å². The van der Waals surface area contributed by atoms with E-state index < -0.39 is 111 Å². The third-order valence-electron chi connectivity index (χ3n) is 19.7. The Kier molecular flexibility index (Phi) is 38.2. The molecule has 0 spiro atoms. The van der Waals surface area contributed by atoms with Crippen LogP contribution in [0, 0.1) is 41.4 Å². The summed E-state index contributed by atoms with van der Waals surface area (Å²) in [5, 5.41) is 21.4. The number of nitrogens with two attached hydrogens (primary N) is 1. The third-order valence-corrected chi connectivity index (χ3v) is 21.5. The van der Waals surface area contributed by atoms with E-state index >= 15 is 0 Å². The van der Waals surface area contributed by atoms with Crippen molar-refractivity contribution in [3.05, 3.63) is 59.7 Å². The number of likely N-dealkylation sites (N-methyl/N-ethyl adjacent to an activating group) is 2. The number of nitrogens with one attached hydrogen (secondary N) is 7. The zero-order valence-corrected chi connectivity index (χ0v) is 65.3. The number of nitrogens with zero attached hydrogens (tertiary/aromatic N) is 3. The van der Waals surface area contributed by atoms with E-state index in [0.717, 1.165) is 0 Å². The third kappa shape index (κ3) is 29.9. The lowest BCUT2D eigenvalue weighted by Gasteiger charge is -2.41. The number of aliphatic carboxylic acids is 1. The van der Waals surface area contributed by atoms with Gasteiger partial charge in [0.1, 0.15) is 23.6 Å². The van der Waals surface area contributed by atoms with Gasteiger partial charge in [0.05, 0.1) is 48.6 Å². The van der Waals surface area contributed by atoms with Crippen molar-refractivity contribution in [1.29, 1.82) is 0 Å². The van der Waals surface area contributed by atoms with E-state index in [4.69, 9.17) is 29.9 Å². The first-order chi connectivity index (χ1) is 50.0. The van der Waals surface area contributed by atoms with E-state index in [2.05, 4.69) is 36.8 Å². The van der Waals surface area contributed by atoms with Crippen molar-refractivity contribution >= 4 is 86.7 Å². The highest BCUT2D eigenvalue weighted by Crippen LogP contribution is 2.33. The van der Waals surface area contributed by atoms with Gasteiger partial charge in [-0.3, -0.25) is 62.4 Å². The number of ketones is 2. The van der Waals surface area contributed by atoms with E-state index in [1.54, 1.807) is 74.0 Å². The fourth-order valence-electron chi connectivity index (χ4n) is 13.5. The van der Waals surface area contributed by atoms with Crippen LogP contribution in [0.4, 0.5) is 15.3 Å². The molecule has 106 heavy (non-hydrogen) atoms. The molecule has 1 aliphatic heterocycles. The molecular weight excluding hydrogens is 1390 g/mol. The molecule has 594 valence electrons. The molecule has 1 saturated heterocycles. The molecule has 0 unspecified atom stereocenters. The number of carbonyl (C=O) groups excluding carboxylic acids is 11. The number of carbonyl (C=O) groups is 12. The molecule has 2 aromatic rings. The number of rotatable bonds is 49. The number of unbranched alkanes of at least 4 members (excludes halogenated alkanes) is 2. The molecule has 0 bridgehead atoms. The van der Waals surface area contributed by atoms with Crippen molar-refractivity contribution in [2.75, 3.05) is 60.3 Å². The quantitative estimate of drug-likeness (QED) is 0.0258. The maximum Gasteiger partial charge on any atom is 0.412 e. The summed E-state index contributed by atoms with van der Waals surface area (Å²) in [5.41, 5.74) is 9.15. The number of anilines is 1. The summed E-state index contributed by atoms with van der Waals surface area (Å²) < 4.78 is 46.1. The van der Waals surface area contributed by atoms with Crippen LogP contribution >= 0.6 is 0 Å². The van der Waals surface area contributed by atoms with E-state index in [-0.39, 0.29) is 149 Å². The molecule has 0 aromatic heterocycles. The highest BCUT2D eigenvalue weighted by Gasteiger charge is 2.45. The number of hydrogen-bond donors (Lipinski definition) is 9. The van der Waals surface area contributed by atoms with Gasteiger partial charge in [-0.25, -0.2) is 23.5 Å². The Balaban J connectivity index is 1.28. The molecule has 31 heteroatoms. The van der Waals surface area contributed by atoms with Crippen molar-refractivity contribution in [1.82, 2.24) is 46.2 Å². The molecule has 2 fully saturated rings. The number of sulfonamides is 1. The fourth-order valence-corrected chi connectivity index (χ4v) is 14.8. The van der Waals surface area contributed by atoms with Crippen LogP contribution in [0.5, 0.6) is 5.75 Å². The number of hydrogen-bond acceptors (Lipinski definition) is 19. The second-order valence-electron chi connectivity index (χ2n) is 29.3. The van der Waals surface area contributed by atoms with E-state index in [9.17, 15) is 66.0 Å². The number of likely N-dealkylation sites (tertiary alicyclic amines) is 1. The maximum absolute atomic E-state index is 14.6. The topological polar surface area (TPSA) is 416 Å². The average Bonchev–Trinajstić information content (AvgIpc) is 1.32. The molecule has 1 aliphatic carbocycles. The van der Waals surface area contributed by atoms with E-state index in [0.29, 0.717) is 74.7 Å². The molecule has 2 aliphatic rings. The zero-order valence-electron chi connectivity index (χ0n) is 64.5. The first kappa shape index (κ1) is 90.3. The van der Waals surface area contributed by atoms with Crippen molar-refractivity contribution in [2.45, 2.75) is 232 Å². The summed E-state index contributed by atoms with van der Waals surface area (Å²) in [7, 11) is 4.42. The van der Waals surface area contributed by atoms with Gasteiger partial charge in [0, 0.05) is 96.4 Å². The van der Waals surface area contributed by atoms with Gasteiger partial charge in [0.15, 0.2) is 5.78 Å². The Morgan fingerprint density at radius 2 is 1.32 bits per heavy atom. The summed E-state index contributed by atoms with van der Waals surface area (Å²) in [6.45, 7) is 17.7. The first-order valence-corrected chi connectivity index (χ1v) is 38.7. The van der Waals surface area contributed by atoms with Crippen LogP contribution in [0.3, 0.4) is 0 Å². The second-order valence-corrected chi connectivity index (χ2v) is 31.3.